The largest absolute Gasteiger partial charge is 0.415 e. The molecule has 0 aliphatic heterocycles. The maximum Gasteiger partial charge on any atom is 0.187 e. The van der Waals surface area contributed by atoms with E-state index in [0.29, 0.717) is 12.5 Å². The van der Waals surface area contributed by atoms with Crippen LogP contribution in [0.25, 0.3) is 0 Å². The molecule has 0 amide bonds. The van der Waals surface area contributed by atoms with Crippen molar-refractivity contribution in [1.82, 2.24) is 0 Å². The Hall–Kier alpha value is -0.333. The summed E-state index contributed by atoms with van der Waals surface area (Å²) in [5.41, 5.74) is 0. The first-order chi connectivity index (χ1) is 9.02. The molecule has 3 heteroatoms. The summed E-state index contributed by atoms with van der Waals surface area (Å²) < 4.78 is 6.24. The van der Waals surface area contributed by atoms with Crippen molar-refractivity contribution in [3.05, 3.63) is 0 Å². The summed E-state index contributed by atoms with van der Waals surface area (Å²) in [5, 5.41) is 8.57. The monoisotopic (exact) mass is 283 g/mol. The van der Waals surface area contributed by atoms with Crippen LogP contribution in [0.4, 0.5) is 0 Å². The van der Waals surface area contributed by atoms with E-state index >= 15 is 0 Å². The molecule has 0 saturated carbocycles. The highest BCUT2D eigenvalue weighted by molar-refractivity contribution is 6.71. The molecular formula is C16H33NOSi. The normalized spacial score (nSPS) is 13.2. The van der Waals surface area contributed by atoms with Gasteiger partial charge in [0, 0.05) is 12.5 Å². The molecule has 2 nitrogen and oxygen atoms in total. The van der Waals surface area contributed by atoms with Gasteiger partial charge in [0.2, 0.25) is 0 Å². The Labute approximate surface area is 121 Å². The number of rotatable bonds is 12. The summed E-state index contributed by atoms with van der Waals surface area (Å²) in [6, 6.07) is 3.33. The van der Waals surface area contributed by atoms with Crippen LogP contribution in [0.2, 0.25) is 19.1 Å². The minimum Gasteiger partial charge on any atom is -0.415 e. The average Bonchev–Trinajstić information content (AvgIpc) is 2.33. The number of hydrogen-bond donors (Lipinski definition) is 0. The zero-order chi connectivity index (χ0) is 14.6. The minimum atomic E-state index is -1.54. The van der Waals surface area contributed by atoms with E-state index in [1.54, 1.807) is 0 Å². The highest BCUT2D eigenvalue weighted by atomic mass is 28.4. The molecule has 112 valence electrons. The third-order valence-corrected chi connectivity index (χ3v) is 6.15. The Morgan fingerprint density at radius 2 is 1.68 bits per heavy atom. The predicted molar refractivity (Wildman–Crippen MR) is 85.7 cm³/mol. The van der Waals surface area contributed by atoms with Crippen molar-refractivity contribution in [1.29, 1.82) is 5.26 Å². The van der Waals surface area contributed by atoms with Crippen molar-refractivity contribution in [3.8, 4) is 6.07 Å². The van der Waals surface area contributed by atoms with E-state index < -0.39 is 8.32 Å². The Morgan fingerprint density at radius 1 is 1.05 bits per heavy atom. The Balaban J connectivity index is 3.60. The van der Waals surface area contributed by atoms with Crippen molar-refractivity contribution < 1.29 is 4.43 Å². The van der Waals surface area contributed by atoms with Crippen LogP contribution in [0, 0.1) is 11.3 Å². The van der Waals surface area contributed by atoms with E-state index in [2.05, 4.69) is 33.0 Å². The van der Waals surface area contributed by atoms with Gasteiger partial charge in [-0.15, -0.1) is 0 Å². The van der Waals surface area contributed by atoms with Gasteiger partial charge in [0.1, 0.15) is 0 Å². The fraction of sp³-hybridized carbons (Fsp3) is 0.938. The van der Waals surface area contributed by atoms with Crippen LogP contribution >= 0.6 is 0 Å². The van der Waals surface area contributed by atoms with Crippen LogP contribution in [0.5, 0.6) is 0 Å². The summed E-state index contributed by atoms with van der Waals surface area (Å²) >= 11 is 0. The molecule has 0 aromatic carbocycles. The van der Waals surface area contributed by atoms with E-state index in [1.165, 1.54) is 44.9 Å². The lowest BCUT2D eigenvalue weighted by molar-refractivity contribution is 0.195. The molecule has 0 heterocycles. The van der Waals surface area contributed by atoms with Crippen LogP contribution in [-0.4, -0.2) is 14.4 Å². The smallest absolute Gasteiger partial charge is 0.187 e. The van der Waals surface area contributed by atoms with Crippen LogP contribution in [0.3, 0.4) is 0 Å². The lowest BCUT2D eigenvalue weighted by Gasteiger charge is -2.27. The number of nitriles is 1. The van der Waals surface area contributed by atoms with E-state index in [0.717, 1.165) is 12.5 Å². The second kappa shape index (κ2) is 11.5. The number of nitrogens with zero attached hydrogens (tertiary/aromatic N) is 1. The van der Waals surface area contributed by atoms with Crippen LogP contribution in [-0.2, 0) is 4.43 Å². The van der Waals surface area contributed by atoms with Crippen molar-refractivity contribution >= 4 is 8.32 Å². The zero-order valence-corrected chi connectivity index (χ0v) is 14.5. The average molecular weight is 284 g/mol. The first kappa shape index (κ1) is 18.7. The quantitative estimate of drug-likeness (QED) is 0.342. The highest BCUT2D eigenvalue weighted by Crippen LogP contribution is 2.19. The van der Waals surface area contributed by atoms with Gasteiger partial charge >= 0.3 is 0 Å². The molecule has 0 aliphatic rings. The van der Waals surface area contributed by atoms with Crippen LogP contribution < -0.4 is 0 Å². The third-order valence-electron chi connectivity index (χ3n) is 3.55. The molecule has 0 bridgehead atoms. The molecule has 0 N–H and O–H groups in total. The van der Waals surface area contributed by atoms with Gasteiger partial charge < -0.3 is 4.43 Å². The summed E-state index contributed by atoms with van der Waals surface area (Å²) in [5.74, 6) is 0. The fourth-order valence-corrected chi connectivity index (χ4v) is 4.82. The van der Waals surface area contributed by atoms with Gasteiger partial charge in [-0.2, -0.15) is 5.26 Å². The topological polar surface area (TPSA) is 33.0 Å². The maximum absolute atomic E-state index is 8.57. The minimum absolute atomic E-state index is 0.398. The predicted octanol–water partition coefficient (Wildman–Crippen LogP) is 5.65. The SMILES string of the molecule is CCCCCCCCC(C)O[Si](C)(C)CCCC#N. The summed E-state index contributed by atoms with van der Waals surface area (Å²) in [4.78, 5) is 0. The van der Waals surface area contributed by atoms with Gasteiger partial charge in [0.15, 0.2) is 8.32 Å². The highest BCUT2D eigenvalue weighted by Gasteiger charge is 2.24. The van der Waals surface area contributed by atoms with Crippen molar-refractivity contribution in [2.45, 2.75) is 96.9 Å². The van der Waals surface area contributed by atoms with E-state index in [1.807, 2.05) is 0 Å². The molecule has 19 heavy (non-hydrogen) atoms. The summed E-state index contributed by atoms with van der Waals surface area (Å²) in [7, 11) is -1.54. The van der Waals surface area contributed by atoms with Crippen molar-refractivity contribution in [2.75, 3.05) is 0 Å². The number of unbranched alkanes of at least 4 members (excludes halogenated alkanes) is 6. The third kappa shape index (κ3) is 12.4. The van der Waals surface area contributed by atoms with Gasteiger partial charge in [-0.05, 0) is 38.9 Å². The molecule has 0 aromatic rings. The molecule has 1 atom stereocenters. The molecule has 0 aliphatic carbocycles. The van der Waals surface area contributed by atoms with E-state index in [4.69, 9.17) is 9.69 Å². The van der Waals surface area contributed by atoms with Gasteiger partial charge in [-0.1, -0.05) is 45.4 Å². The van der Waals surface area contributed by atoms with Gasteiger partial charge in [-0.3, -0.25) is 0 Å². The first-order valence-corrected chi connectivity index (χ1v) is 11.2. The molecule has 0 rings (SSSR count). The Kier molecular flexibility index (Phi) is 11.3. The standard InChI is InChI=1S/C16H33NOSi/c1-5-6-7-8-9-10-13-16(2)18-19(3,4)15-12-11-14-17/h16H,5-13,15H2,1-4H3. The summed E-state index contributed by atoms with van der Waals surface area (Å²) in [6.45, 7) is 9.03. The van der Waals surface area contributed by atoms with Crippen molar-refractivity contribution in [3.63, 3.8) is 0 Å². The zero-order valence-electron chi connectivity index (χ0n) is 13.5. The summed E-state index contributed by atoms with van der Waals surface area (Å²) in [6.07, 6.45) is 11.4. The van der Waals surface area contributed by atoms with Crippen molar-refractivity contribution in [2.24, 2.45) is 0 Å². The molecule has 0 fully saturated rings. The fourth-order valence-electron chi connectivity index (χ4n) is 2.47. The van der Waals surface area contributed by atoms with Gasteiger partial charge in [0.05, 0.1) is 6.07 Å². The van der Waals surface area contributed by atoms with Gasteiger partial charge in [0.25, 0.3) is 0 Å². The van der Waals surface area contributed by atoms with Gasteiger partial charge in [-0.25, -0.2) is 0 Å². The lowest BCUT2D eigenvalue weighted by Crippen LogP contribution is -2.34. The second-order valence-electron chi connectivity index (χ2n) is 6.26. The maximum atomic E-state index is 8.57. The van der Waals surface area contributed by atoms with Crippen LogP contribution in [0.1, 0.15) is 71.6 Å². The molecular weight excluding hydrogens is 250 g/mol. The Bertz CT molecular complexity index is 248. The second-order valence-corrected chi connectivity index (χ2v) is 10.5. The van der Waals surface area contributed by atoms with E-state index in [-0.39, 0.29) is 0 Å². The lowest BCUT2D eigenvalue weighted by atomic mass is 10.1. The first-order valence-electron chi connectivity index (χ1n) is 8.06. The molecule has 0 aromatic heterocycles. The molecule has 0 spiro atoms. The molecule has 0 radical (unpaired) electrons. The Morgan fingerprint density at radius 3 is 2.32 bits per heavy atom. The molecule has 1 unspecified atom stereocenters. The molecule has 0 saturated heterocycles. The van der Waals surface area contributed by atoms with E-state index in [9.17, 15) is 0 Å². The van der Waals surface area contributed by atoms with Crippen LogP contribution in [0.15, 0.2) is 0 Å². The number of hydrogen-bond acceptors (Lipinski definition) is 2.